The second-order valence-electron chi connectivity index (χ2n) is 4.40. The predicted octanol–water partition coefficient (Wildman–Crippen LogP) is 3.57. The molecule has 0 radical (unpaired) electrons. The van der Waals surface area contributed by atoms with Gasteiger partial charge in [0, 0.05) is 6.42 Å². The van der Waals surface area contributed by atoms with Crippen molar-refractivity contribution in [1.29, 1.82) is 0 Å². The summed E-state index contributed by atoms with van der Waals surface area (Å²) in [5.41, 5.74) is 1.38. The molecule has 0 amide bonds. The highest BCUT2D eigenvalue weighted by Crippen LogP contribution is 2.17. The summed E-state index contributed by atoms with van der Waals surface area (Å²) in [6.45, 7) is 6.34. The van der Waals surface area contributed by atoms with Gasteiger partial charge in [0.05, 0.1) is 6.54 Å². The van der Waals surface area contributed by atoms with Gasteiger partial charge in [-0.1, -0.05) is 56.5 Å². The first-order valence-electron chi connectivity index (χ1n) is 6.56. The SMILES string of the molecule is CCCCNCC#CCC(C)c1ccccc1. The molecule has 0 spiro atoms. The zero-order chi connectivity index (χ0) is 12.3. The molecule has 92 valence electrons. The Bertz CT molecular complexity index is 345. The standard InChI is InChI=1S/C16H23N/c1-3-4-13-17-14-9-8-10-15(2)16-11-6-5-7-12-16/h5-7,11-12,15,17H,3-4,10,13-14H2,1-2H3. The highest BCUT2D eigenvalue weighted by molar-refractivity contribution is 5.20. The Morgan fingerprint density at radius 2 is 1.94 bits per heavy atom. The molecule has 1 heteroatoms. The molecule has 1 atom stereocenters. The van der Waals surface area contributed by atoms with Crippen LogP contribution in [0.2, 0.25) is 0 Å². The van der Waals surface area contributed by atoms with Crippen molar-refractivity contribution in [3.8, 4) is 11.8 Å². The Kier molecular flexibility index (Phi) is 7.18. The average Bonchev–Trinajstić information content (AvgIpc) is 2.38. The van der Waals surface area contributed by atoms with Crippen LogP contribution in [0.3, 0.4) is 0 Å². The average molecular weight is 229 g/mol. The normalized spacial score (nSPS) is 11.6. The maximum absolute atomic E-state index is 3.33. The molecule has 17 heavy (non-hydrogen) atoms. The lowest BCUT2D eigenvalue weighted by Crippen LogP contribution is -2.14. The summed E-state index contributed by atoms with van der Waals surface area (Å²) in [6, 6.07) is 10.6. The van der Waals surface area contributed by atoms with Crippen LogP contribution in [0.5, 0.6) is 0 Å². The third kappa shape index (κ3) is 6.14. The second kappa shape index (κ2) is 8.84. The molecule has 0 saturated heterocycles. The van der Waals surface area contributed by atoms with E-state index in [1.54, 1.807) is 0 Å². The fourth-order valence-electron chi connectivity index (χ4n) is 1.64. The van der Waals surface area contributed by atoms with Crippen LogP contribution in [-0.2, 0) is 0 Å². The summed E-state index contributed by atoms with van der Waals surface area (Å²) in [5.74, 6) is 6.96. The van der Waals surface area contributed by atoms with Gasteiger partial charge in [0.25, 0.3) is 0 Å². The minimum Gasteiger partial charge on any atom is -0.306 e. The van der Waals surface area contributed by atoms with Gasteiger partial charge in [-0.3, -0.25) is 0 Å². The molecule has 0 bridgehead atoms. The molecule has 0 fully saturated rings. The summed E-state index contributed by atoms with van der Waals surface area (Å²) in [5, 5.41) is 3.33. The Morgan fingerprint density at radius 1 is 1.18 bits per heavy atom. The first-order valence-corrected chi connectivity index (χ1v) is 6.56. The zero-order valence-corrected chi connectivity index (χ0v) is 11.0. The van der Waals surface area contributed by atoms with Crippen molar-refractivity contribution < 1.29 is 0 Å². The van der Waals surface area contributed by atoms with Gasteiger partial charge in [-0.05, 0) is 24.4 Å². The maximum Gasteiger partial charge on any atom is 0.0576 e. The van der Waals surface area contributed by atoms with Gasteiger partial charge >= 0.3 is 0 Å². The van der Waals surface area contributed by atoms with E-state index in [1.807, 2.05) is 0 Å². The lowest BCUT2D eigenvalue weighted by Gasteiger charge is -2.06. The predicted molar refractivity (Wildman–Crippen MR) is 75.0 cm³/mol. The van der Waals surface area contributed by atoms with Gasteiger partial charge in [0.1, 0.15) is 0 Å². The number of hydrogen-bond donors (Lipinski definition) is 1. The van der Waals surface area contributed by atoms with Crippen LogP contribution in [0.4, 0.5) is 0 Å². The van der Waals surface area contributed by atoms with E-state index in [2.05, 4.69) is 61.3 Å². The fraction of sp³-hybridized carbons (Fsp3) is 0.500. The Balaban J connectivity index is 2.20. The van der Waals surface area contributed by atoms with E-state index in [1.165, 1.54) is 18.4 Å². The van der Waals surface area contributed by atoms with E-state index in [0.717, 1.165) is 19.5 Å². The molecule has 1 aromatic rings. The summed E-state index contributed by atoms with van der Waals surface area (Å²) in [6.07, 6.45) is 3.42. The van der Waals surface area contributed by atoms with Crippen molar-refractivity contribution in [2.24, 2.45) is 0 Å². The molecule has 0 aliphatic heterocycles. The second-order valence-corrected chi connectivity index (χ2v) is 4.40. The van der Waals surface area contributed by atoms with E-state index < -0.39 is 0 Å². The topological polar surface area (TPSA) is 12.0 Å². The molecule has 0 aliphatic carbocycles. The van der Waals surface area contributed by atoms with Crippen LogP contribution in [0.1, 0.15) is 44.6 Å². The van der Waals surface area contributed by atoms with Crippen molar-refractivity contribution in [2.75, 3.05) is 13.1 Å². The molecule has 0 heterocycles. The molecule has 1 nitrogen and oxygen atoms in total. The van der Waals surface area contributed by atoms with Gasteiger partial charge < -0.3 is 5.32 Å². The van der Waals surface area contributed by atoms with Crippen LogP contribution in [-0.4, -0.2) is 13.1 Å². The molecule has 1 unspecified atom stereocenters. The molecule has 1 N–H and O–H groups in total. The van der Waals surface area contributed by atoms with Crippen LogP contribution in [0.15, 0.2) is 30.3 Å². The van der Waals surface area contributed by atoms with Crippen molar-refractivity contribution in [3.63, 3.8) is 0 Å². The van der Waals surface area contributed by atoms with Crippen molar-refractivity contribution >= 4 is 0 Å². The molecule has 0 aliphatic rings. The first kappa shape index (κ1) is 13.8. The van der Waals surface area contributed by atoms with Crippen LogP contribution < -0.4 is 5.32 Å². The molecular formula is C16H23N. The maximum atomic E-state index is 3.33. The molecular weight excluding hydrogens is 206 g/mol. The number of hydrogen-bond acceptors (Lipinski definition) is 1. The minimum absolute atomic E-state index is 0.527. The van der Waals surface area contributed by atoms with Crippen molar-refractivity contribution in [3.05, 3.63) is 35.9 Å². The fourth-order valence-corrected chi connectivity index (χ4v) is 1.64. The smallest absolute Gasteiger partial charge is 0.0576 e. The first-order chi connectivity index (χ1) is 8.34. The minimum atomic E-state index is 0.527. The zero-order valence-electron chi connectivity index (χ0n) is 11.0. The lowest BCUT2D eigenvalue weighted by molar-refractivity contribution is 0.686. The van der Waals surface area contributed by atoms with E-state index in [9.17, 15) is 0 Å². The van der Waals surface area contributed by atoms with E-state index in [-0.39, 0.29) is 0 Å². The quantitative estimate of drug-likeness (QED) is 0.581. The molecule has 1 rings (SSSR count). The number of benzene rings is 1. The summed E-state index contributed by atoms with van der Waals surface area (Å²) in [4.78, 5) is 0. The number of nitrogens with one attached hydrogen (secondary N) is 1. The van der Waals surface area contributed by atoms with Crippen molar-refractivity contribution in [2.45, 2.75) is 39.0 Å². The molecule has 0 aromatic heterocycles. The molecule has 1 aromatic carbocycles. The van der Waals surface area contributed by atoms with Crippen LogP contribution in [0, 0.1) is 11.8 Å². The van der Waals surface area contributed by atoms with Gasteiger partial charge in [-0.25, -0.2) is 0 Å². The highest BCUT2D eigenvalue weighted by atomic mass is 14.8. The monoisotopic (exact) mass is 229 g/mol. The third-order valence-corrected chi connectivity index (χ3v) is 2.82. The van der Waals surface area contributed by atoms with Crippen LogP contribution in [0.25, 0.3) is 0 Å². The molecule has 0 saturated carbocycles. The highest BCUT2D eigenvalue weighted by Gasteiger charge is 2.01. The van der Waals surface area contributed by atoms with Gasteiger partial charge in [-0.2, -0.15) is 0 Å². The van der Waals surface area contributed by atoms with E-state index >= 15 is 0 Å². The lowest BCUT2D eigenvalue weighted by atomic mass is 9.98. The van der Waals surface area contributed by atoms with Crippen LogP contribution >= 0.6 is 0 Å². The largest absolute Gasteiger partial charge is 0.306 e. The van der Waals surface area contributed by atoms with Crippen molar-refractivity contribution in [1.82, 2.24) is 5.32 Å². The Hall–Kier alpha value is -1.26. The Labute approximate surface area is 106 Å². The summed E-state index contributed by atoms with van der Waals surface area (Å²) >= 11 is 0. The van der Waals surface area contributed by atoms with Gasteiger partial charge in [0.2, 0.25) is 0 Å². The summed E-state index contributed by atoms with van der Waals surface area (Å²) < 4.78 is 0. The van der Waals surface area contributed by atoms with Gasteiger partial charge in [-0.15, -0.1) is 5.92 Å². The third-order valence-electron chi connectivity index (χ3n) is 2.82. The number of unbranched alkanes of at least 4 members (excludes halogenated alkanes) is 1. The summed E-state index contributed by atoms with van der Waals surface area (Å²) in [7, 11) is 0. The van der Waals surface area contributed by atoms with E-state index in [4.69, 9.17) is 0 Å². The Morgan fingerprint density at radius 3 is 2.65 bits per heavy atom. The van der Waals surface area contributed by atoms with E-state index in [0.29, 0.717) is 5.92 Å². The van der Waals surface area contributed by atoms with Gasteiger partial charge in [0.15, 0.2) is 0 Å². The number of rotatable bonds is 6.